The van der Waals surface area contributed by atoms with Crippen molar-refractivity contribution >= 4 is 5.91 Å². The van der Waals surface area contributed by atoms with Crippen LogP contribution in [0.5, 0.6) is 0 Å². The van der Waals surface area contributed by atoms with Crippen molar-refractivity contribution in [1.29, 1.82) is 0 Å². The molecule has 1 aliphatic carbocycles. The summed E-state index contributed by atoms with van der Waals surface area (Å²) in [5.74, 6) is 0.685. The summed E-state index contributed by atoms with van der Waals surface area (Å²) in [7, 11) is 0. The van der Waals surface area contributed by atoms with E-state index >= 15 is 0 Å². The Hall–Kier alpha value is -2.70. The molecule has 154 valence electrons. The number of piperidine rings is 1. The molecule has 1 amide bonds. The highest BCUT2D eigenvalue weighted by Gasteiger charge is 2.45. The van der Waals surface area contributed by atoms with Crippen molar-refractivity contribution in [3.63, 3.8) is 0 Å². The first-order chi connectivity index (χ1) is 13.7. The number of carbonyl (C=O) groups is 1. The number of fused-ring (bicyclic) bond motifs is 2. The summed E-state index contributed by atoms with van der Waals surface area (Å²) < 4.78 is 1.44. The average molecular weight is 396 g/mol. The molecule has 2 aromatic rings. The van der Waals surface area contributed by atoms with Crippen molar-refractivity contribution in [3.05, 3.63) is 62.2 Å². The van der Waals surface area contributed by atoms with Gasteiger partial charge in [-0.05, 0) is 31.7 Å². The zero-order chi connectivity index (χ0) is 20.8. The lowest BCUT2D eigenvalue weighted by molar-refractivity contribution is -0.133. The molecule has 29 heavy (non-hydrogen) atoms. The molecule has 1 N–H and O–H groups in total. The van der Waals surface area contributed by atoms with Crippen LogP contribution in [-0.4, -0.2) is 38.4 Å². The minimum Gasteiger partial charge on any atom is -0.341 e. The molecule has 0 saturated carbocycles. The van der Waals surface area contributed by atoms with Crippen molar-refractivity contribution < 1.29 is 4.79 Å². The van der Waals surface area contributed by atoms with Crippen LogP contribution in [0.4, 0.5) is 0 Å². The molecule has 0 bridgehead atoms. The molecule has 1 aliphatic heterocycles. The molecule has 0 aromatic carbocycles. The number of H-pyrrole nitrogens is 1. The Labute approximate surface area is 169 Å². The minimum atomic E-state index is -0.225. The molecule has 2 aliphatic rings. The standard InChI is InChI=1S/C22H28N4O3/c1-21(2,3)20-23-18-15(19(29)24-20)7-8-22(18)9-12-25(13-10-22)17(28)14-26-11-5-4-6-16(26)27/h4-6,11H,7-10,12-14H2,1-3H3,(H,23,24,29). The highest BCUT2D eigenvalue weighted by molar-refractivity contribution is 5.76. The molecule has 3 heterocycles. The molecule has 0 radical (unpaired) electrons. The summed E-state index contributed by atoms with van der Waals surface area (Å²) in [6, 6.07) is 4.89. The number of pyridine rings is 1. The third-order valence-corrected chi connectivity index (χ3v) is 6.36. The van der Waals surface area contributed by atoms with E-state index in [2.05, 4.69) is 4.98 Å². The van der Waals surface area contributed by atoms with Gasteiger partial charge in [0.15, 0.2) is 0 Å². The van der Waals surface area contributed by atoms with E-state index in [1.54, 1.807) is 18.3 Å². The summed E-state index contributed by atoms with van der Waals surface area (Å²) in [5, 5.41) is 0. The third-order valence-electron chi connectivity index (χ3n) is 6.36. The number of carbonyl (C=O) groups excluding carboxylic acids is 1. The number of hydrogen-bond acceptors (Lipinski definition) is 4. The Balaban J connectivity index is 1.53. The molecule has 0 unspecified atom stereocenters. The van der Waals surface area contributed by atoms with Crippen LogP contribution < -0.4 is 11.1 Å². The first-order valence-electron chi connectivity index (χ1n) is 10.3. The summed E-state index contributed by atoms with van der Waals surface area (Å²) in [5.41, 5.74) is 1.23. The van der Waals surface area contributed by atoms with Crippen LogP contribution in [0.15, 0.2) is 34.0 Å². The molecular formula is C22H28N4O3. The van der Waals surface area contributed by atoms with E-state index < -0.39 is 0 Å². The summed E-state index contributed by atoms with van der Waals surface area (Å²) in [6.45, 7) is 7.46. The van der Waals surface area contributed by atoms with E-state index in [0.29, 0.717) is 13.1 Å². The largest absolute Gasteiger partial charge is 0.341 e. The number of amides is 1. The SMILES string of the molecule is CC(C)(C)c1nc2c(c(=O)[nH]1)CCC21CCN(C(=O)Cn2ccccc2=O)CC1. The first-order valence-corrected chi connectivity index (χ1v) is 10.3. The fourth-order valence-electron chi connectivity index (χ4n) is 4.51. The van der Waals surface area contributed by atoms with Gasteiger partial charge in [0.25, 0.3) is 11.1 Å². The van der Waals surface area contributed by atoms with Gasteiger partial charge < -0.3 is 14.5 Å². The molecular weight excluding hydrogens is 368 g/mol. The molecule has 1 spiro atoms. The van der Waals surface area contributed by atoms with Gasteiger partial charge in [-0.3, -0.25) is 14.4 Å². The van der Waals surface area contributed by atoms with Gasteiger partial charge in [0.1, 0.15) is 12.4 Å². The van der Waals surface area contributed by atoms with Crippen LogP contribution >= 0.6 is 0 Å². The maximum atomic E-state index is 12.7. The van der Waals surface area contributed by atoms with Crippen LogP contribution in [0.3, 0.4) is 0 Å². The number of likely N-dealkylation sites (tertiary alicyclic amines) is 1. The van der Waals surface area contributed by atoms with E-state index in [1.165, 1.54) is 10.6 Å². The quantitative estimate of drug-likeness (QED) is 0.837. The maximum absolute atomic E-state index is 12.7. The zero-order valence-corrected chi connectivity index (χ0v) is 17.3. The van der Waals surface area contributed by atoms with Gasteiger partial charge in [-0.2, -0.15) is 0 Å². The van der Waals surface area contributed by atoms with Crippen molar-refractivity contribution in [2.24, 2.45) is 0 Å². The number of aromatic amines is 1. The maximum Gasteiger partial charge on any atom is 0.254 e. The van der Waals surface area contributed by atoms with Crippen molar-refractivity contribution in [1.82, 2.24) is 19.4 Å². The van der Waals surface area contributed by atoms with Gasteiger partial charge in [0, 0.05) is 41.7 Å². The monoisotopic (exact) mass is 396 g/mol. The Morgan fingerprint density at radius 2 is 1.90 bits per heavy atom. The van der Waals surface area contributed by atoms with E-state index in [9.17, 15) is 14.4 Å². The first kappa shape index (κ1) is 19.6. The summed E-state index contributed by atoms with van der Waals surface area (Å²) >= 11 is 0. The van der Waals surface area contributed by atoms with E-state index in [4.69, 9.17) is 4.98 Å². The van der Waals surface area contributed by atoms with Crippen LogP contribution in [-0.2, 0) is 28.6 Å². The average Bonchev–Trinajstić information content (AvgIpc) is 3.02. The summed E-state index contributed by atoms with van der Waals surface area (Å²) in [4.78, 5) is 46.9. The second kappa shape index (κ2) is 6.97. The molecule has 2 aromatic heterocycles. The molecule has 1 saturated heterocycles. The smallest absolute Gasteiger partial charge is 0.254 e. The molecule has 0 atom stereocenters. The van der Waals surface area contributed by atoms with E-state index in [-0.39, 0.29) is 34.4 Å². The second-order valence-electron chi connectivity index (χ2n) is 9.32. The van der Waals surface area contributed by atoms with Crippen LogP contribution in [0.2, 0.25) is 0 Å². The second-order valence-corrected chi connectivity index (χ2v) is 9.32. The number of aromatic nitrogens is 3. The lowest BCUT2D eigenvalue weighted by atomic mass is 9.76. The predicted octanol–water partition coefficient (Wildman–Crippen LogP) is 1.74. The zero-order valence-electron chi connectivity index (χ0n) is 17.3. The van der Waals surface area contributed by atoms with Gasteiger partial charge in [-0.1, -0.05) is 26.8 Å². The van der Waals surface area contributed by atoms with Crippen molar-refractivity contribution in [2.45, 2.75) is 63.8 Å². The fourth-order valence-corrected chi connectivity index (χ4v) is 4.51. The van der Waals surface area contributed by atoms with Gasteiger partial charge in [0.2, 0.25) is 5.91 Å². The van der Waals surface area contributed by atoms with Gasteiger partial charge >= 0.3 is 0 Å². The predicted molar refractivity (Wildman–Crippen MR) is 110 cm³/mol. The Morgan fingerprint density at radius 3 is 2.55 bits per heavy atom. The highest BCUT2D eigenvalue weighted by Crippen LogP contribution is 2.44. The van der Waals surface area contributed by atoms with Gasteiger partial charge in [0.05, 0.1) is 5.69 Å². The highest BCUT2D eigenvalue weighted by atomic mass is 16.2. The lowest BCUT2D eigenvalue weighted by Crippen LogP contribution is -2.46. The van der Waals surface area contributed by atoms with Crippen molar-refractivity contribution in [3.8, 4) is 0 Å². The van der Waals surface area contributed by atoms with Gasteiger partial charge in [-0.25, -0.2) is 4.98 Å². The number of nitrogens with zero attached hydrogens (tertiary/aromatic N) is 3. The van der Waals surface area contributed by atoms with Crippen LogP contribution in [0, 0.1) is 0 Å². The third kappa shape index (κ3) is 3.54. The topological polar surface area (TPSA) is 88.1 Å². The number of hydrogen-bond donors (Lipinski definition) is 1. The Bertz CT molecular complexity index is 1050. The number of rotatable bonds is 2. The molecule has 4 rings (SSSR count). The number of nitrogens with one attached hydrogen (secondary N) is 1. The van der Waals surface area contributed by atoms with Gasteiger partial charge in [-0.15, -0.1) is 0 Å². The summed E-state index contributed by atoms with van der Waals surface area (Å²) in [6.07, 6.45) is 4.90. The minimum absolute atomic E-state index is 0.0150. The van der Waals surface area contributed by atoms with Crippen LogP contribution in [0.1, 0.15) is 57.1 Å². The normalized spacial score (nSPS) is 18.1. The molecule has 1 fully saturated rings. The van der Waals surface area contributed by atoms with E-state index in [1.807, 2.05) is 25.7 Å². The fraction of sp³-hybridized carbons (Fsp3) is 0.545. The lowest BCUT2D eigenvalue weighted by Gasteiger charge is -2.39. The van der Waals surface area contributed by atoms with Crippen LogP contribution in [0.25, 0.3) is 0 Å². The van der Waals surface area contributed by atoms with E-state index in [0.717, 1.165) is 42.8 Å². The molecule has 7 nitrogen and oxygen atoms in total. The van der Waals surface area contributed by atoms with Crippen molar-refractivity contribution in [2.75, 3.05) is 13.1 Å². The Morgan fingerprint density at radius 1 is 1.17 bits per heavy atom. The molecule has 7 heteroatoms. The Kier molecular flexibility index (Phi) is 4.71.